The monoisotopic (exact) mass is 297 g/mol. The molecule has 1 aliphatic heterocycles. The quantitative estimate of drug-likeness (QED) is 0.873. The standard InChI is InChI=1S/C14H19NO4S/c1-9(10-4-6-19-7-5-10)13(16)15-8-11-2-3-12(20-11)14(17)18/h2-3,9-10H,4-8H2,1H3,(H,15,16)(H,17,18). The first-order chi connectivity index (χ1) is 9.58. The minimum atomic E-state index is -0.928. The lowest BCUT2D eigenvalue weighted by Crippen LogP contribution is -2.35. The van der Waals surface area contributed by atoms with Crippen LogP contribution in [-0.2, 0) is 16.1 Å². The number of nitrogens with one attached hydrogen (secondary N) is 1. The summed E-state index contributed by atoms with van der Waals surface area (Å²) in [5, 5.41) is 11.7. The average Bonchev–Trinajstić information content (AvgIpc) is 2.94. The fraction of sp³-hybridized carbons (Fsp3) is 0.571. The molecular weight excluding hydrogens is 278 g/mol. The Morgan fingerprint density at radius 1 is 1.45 bits per heavy atom. The summed E-state index contributed by atoms with van der Waals surface area (Å²) in [6, 6.07) is 3.31. The Morgan fingerprint density at radius 2 is 2.15 bits per heavy atom. The first kappa shape index (κ1) is 15.0. The number of ether oxygens (including phenoxy) is 1. The second kappa shape index (κ2) is 6.85. The van der Waals surface area contributed by atoms with Crippen molar-refractivity contribution >= 4 is 23.2 Å². The minimum absolute atomic E-state index is 0.0298. The van der Waals surface area contributed by atoms with Crippen LogP contribution < -0.4 is 5.32 Å². The zero-order chi connectivity index (χ0) is 14.5. The predicted octanol–water partition coefficient (Wildman–Crippen LogP) is 2.13. The molecule has 0 aliphatic carbocycles. The molecule has 5 nitrogen and oxygen atoms in total. The first-order valence-corrected chi connectivity index (χ1v) is 7.57. The van der Waals surface area contributed by atoms with E-state index in [1.54, 1.807) is 12.1 Å². The molecule has 1 amide bonds. The van der Waals surface area contributed by atoms with Crippen molar-refractivity contribution in [1.82, 2.24) is 5.32 Å². The topological polar surface area (TPSA) is 75.6 Å². The highest BCUT2D eigenvalue weighted by Gasteiger charge is 2.25. The molecule has 1 saturated heterocycles. The van der Waals surface area contributed by atoms with E-state index in [1.807, 2.05) is 6.92 Å². The molecule has 2 heterocycles. The SMILES string of the molecule is CC(C(=O)NCc1ccc(C(=O)O)s1)C1CCOCC1. The molecule has 0 bridgehead atoms. The first-order valence-electron chi connectivity index (χ1n) is 6.75. The van der Waals surface area contributed by atoms with E-state index >= 15 is 0 Å². The second-order valence-corrected chi connectivity index (χ2v) is 6.20. The zero-order valence-electron chi connectivity index (χ0n) is 11.4. The van der Waals surface area contributed by atoms with Crippen LogP contribution in [-0.4, -0.2) is 30.2 Å². The van der Waals surface area contributed by atoms with Crippen molar-refractivity contribution in [3.8, 4) is 0 Å². The highest BCUT2D eigenvalue weighted by Crippen LogP contribution is 2.24. The zero-order valence-corrected chi connectivity index (χ0v) is 12.2. The highest BCUT2D eigenvalue weighted by molar-refractivity contribution is 7.13. The van der Waals surface area contributed by atoms with E-state index in [2.05, 4.69) is 5.32 Å². The maximum Gasteiger partial charge on any atom is 0.345 e. The number of aromatic carboxylic acids is 1. The molecule has 0 aromatic carbocycles. The summed E-state index contributed by atoms with van der Waals surface area (Å²) in [6.07, 6.45) is 1.85. The van der Waals surface area contributed by atoms with Crippen molar-refractivity contribution in [1.29, 1.82) is 0 Å². The third-order valence-corrected chi connectivity index (χ3v) is 4.77. The summed E-state index contributed by atoms with van der Waals surface area (Å²) in [5.74, 6) is -0.551. The number of hydrogen-bond donors (Lipinski definition) is 2. The molecule has 2 N–H and O–H groups in total. The van der Waals surface area contributed by atoms with E-state index in [4.69, 9.17) is 9.84 Å². The van der Waals surface area contributed by atoms with Crippen LogP contribution in [0.3, 0.4) is 0 Å². The number of amides is 1. The van der Waals surface area contributed by atoms with Crippen LogP contribution in [0.15, 0.2) is 12.1 Å². The van der Waals surface area contributed by atoms with Crippen molar-refractivity contribution in [3.63, 3.8) is 0 Å². The number of carboxylic acids is 1. The summed E-state index contributed by atoms with van der Waals surface area (Å²) < 4.78 is 5.30. The van der Waals surface area contributed by atoms with Crippen LogP contribution >= 0.6 is 11.3 Å². The van der Waals surface area contributed by atoms with Crippen LogP contribution in [0.25, 0.3) is 0 Å². The third kappa shape index (κ3) is 3.80. The van der Waals surface area contributed by atoms with E-state index in [1.165, 1.54) is 11.3 Å². The molecule has 110 valence electrons. The fourth-order valence-corrected chi connectivity index (χ4v) is 3.14. The fourth-order valence-electron chi connectivity index (χ4n) is 2.35. The number of rotatable bonds is 5. The molecule has 0 spiro atoms. The van der Waals surface area contributed by atoms with Gasteiger partial charge in [-0.3, -0.25) is 4.79 Å². The molecule has 2 rings (SSSR count). The van der Waals surface area contributed by atoms with E-state index in [0.717, 1.165) is 30.9 Å². The molecule has 0 saturated carbocycles. The number of carboxylic acid groups (broad SMARTS) is 1. The van der Waals surface area contributed by atoms with Crippen LogP contribution in [0.5, 0.6) is 0 Å². The Balaban J connectivity index is 1.82. The van der Waals surface area contributed by atoms with Crippen LogP contribution in [0.1, 0.15) is 34.3 Å². The van der Waals surface area contributed by atoms with Crippen LogP contribution in [0, 0.1) is 11.8 Å². The van der Waals surface area contributed by atoms with E-state index in [0.29, 0.717) is 17.3 Å². The minimum Gasteiger partial charge on any atom is -0.477 e. The summed E-state index contributed by atoms with van der Waals surface area (Å²) in [5.41, 5.74) is 0. The molecule has 1 aromatic rings. The van der Waals surface area contributed by atoms with E-state index < -0.39 is 5.97 Å². The smallest absolute Gasteiger partial charge is 0.345 e. The Morgan fingerprint density at radius 3 is 2.75 bits per heavy atom. The lowest BCUT2D eigenvalue weighted by atomic mass is 9.87. The van der Waals surface area contributed by atoms with E-state index in [-0.39, 0.29) is 11.8 Å². The molecule has 1 unspecified atom stereocenters. The van der Waals surface area contributed by atoms with Crippen molar-refractivity contribution in [2.45, 2.75) is 26.3 Å². The molecule has 6 heteroatoms. The Hall–Kier alpha value is -1.40. The predicted molar refractivity (Wildman–Crippen MR) is 75.8 cm³/mol. The third-order valence-electron chi connectivity index (χ3n) is 3.70. The normalized spacial score (nSPS) is 17.6. The Bertz CT molecular complexity index is 479. The van der Waals surface area contributed by atoms with Crippen molar-refractivity contribution < 1.29 is 19.4 Å². The largest absolute Gasteiger partial charge is 0.477 e. The van der Waals surface area contributed by atoms with Gasteiger partial charge in [0.15, 0.2) is 0 Å². The van der Waals surface area contributed by atoms with Crippen LogP contribution in [0.4, 0.5) is 0 Å². The van der Waals surface area contributed by atoms with Gasteiger partial charge in [0.1, 0.15) is 4.88 Å². The number of carbonyl (C=O) groups excluding carboxylic acids is 1. The average molecular weight is 297 g/mol. The molecule has 1 aliphatic rings. The van der Waals surface area contributed by atoms with Gasteiger partial charge in [-0.15, -0.1) is 11.3 Å². The molecule has 1 atom stereocenters. The molecule has 20 heavy (non-hydrogen) atoms. The van der Waals surface area contributed by atoms with Gasteiger partial charge in [0.2, 0.25) is 5.91 Å². The summed E-state index contributed by atoms with van der Waals surface area (Å²) in [4.78, 5) is 24.0. The van der Waals surface area contributed by atoms with Gasteiger partial charge >= 0.3 is 5.97 Å². The summed E-state index contributed by atoms with van der Waals surface area (Å²) in [7, 11) is 0. The maximum atomic E-state index is 12.1. The van der Waals surface area contributed by atoms with Crippen LogP contribution in [0.2, 0.25) is 0 Å². The highest BCUT2D eigenvalue weighted by atomic mass is 32.1. The van der Waals surface area contributed by atoms with Crippen molar-refractivity contribution in [2.75, 3.05) is 13.2 Å². The number of thiophene rings is 1. The summed E-state index contributed by atoms with van der Waals surface area (Å²) >= 11 is 1.20. The van der Waals surface area contributed by atoms with Crippen molar-refractivity contribution in [3.05, 3.63) is 21.9 Å². The Kier molecular flexibility index (Phi) is 5.14. The lowest BCUT2D eigenvalue weighted by Gasteiger charge is -2.26. The lowest BCUT2D eigenvalue weighted by molar-refractivity contribution is -0.127. The van der Waals surface area contributed by atoms with Gasteiger partial charge < -0.3 is 15.2 Å². The van der Waals surface area contributed by atoms with Crippen molar-refractivity contribution in [2.24, 2.45) is 11.8 Å². The van der Waals surface area contributed by atoms with Gasteiger partial charge in [0.25, 0.3) is 0 Å². The number of carbonyl (C=O) groups is 2. The second-order valence-electron chi connectivity index (χ2n) is 5.03. The van der Waals surface area contributed by atoms with E-state index in [9.17, 15) is 9.59 Å². The molecule has 1 fully saturated rings. The van der Waals surface area contributed by atoms with Gasteiger partial charge in [0.05, 0.1) is 6.54 Å². The Labute approximate surface area is 121 Å². The summed E-state index contributed by atoms with van der Waals surface area (Å²) in [6.45, 7) is 3.80. The maximum absolute atomic E-state index is 12.1. The number of hydrogen-bond acceptors (Lipinski definition) is 4. The van der Waals surface area contributed by atoms with Gasteiger partial charge in [-0.25, -0.2) is 4.79 Å². The van der Waals surface area contributed by atoms with Gasteiger partial charge in [-0.2, -0.15) is 0 Å². The van der Waals surface area contributed by atoms with Gasteiger partial charge in [0, 0.05) is 24.0 Å². The van der Waals surface area contributed by atoms with Gasteiger partial charge in [-0.05, 0) is 30.9 Å². The molecule has 0 radical (unpaired) electrons. The molecule has 1 aromatic heterocycles. The molecular formula is C14H19NO4S. The van der Waals surface area contributed by atoms with Gasteiger partial charge in [-0.1, -0.05) is 6.92 Å².